The number of terminal acetylenes is 1. The number of alkyl halides is 1. The molecule has 0 saturated carbocycles. The number of rotatable bonds is 12. The number of nitrogens with zero attached hydrogens (tertiary/aromatic N) is 1. The van der Waals surface area contributed by atoms with Crippen LogP contribution in [0.2, 0.25) is 0 Å². The molecule has 1 nitrogen and oxygen atoms in total. The highest BCUT2D eigenvalue weighted by Crippen LogP contribution is 2.26. The molecule has 3 heteroatoms. The molecule has 0 radical (unpaired) electrons. The summed E-state index contributed by atoms with van der Waals surface area (Å²) in [5, 5.41) is 0. The molecular weight excluding hydrogens is 429 g/mol. The van der Waals surface area contributed by atoms with E-state index in [0.29, 0.717) is 4.05 Å². The first kappa shape index (κ1) is 23.8. The fourth-order valence-electron chi connectivity index (χ4n) is 3.19. The second kappa shape index (κ2) is 14.0. The fraction of sp³-hybridized carbons (Fsp3) is 0.619. The molecule has 1 unspecified atom stereocenters. The molecule has 1 atom stereocenters. The zero-order chi connectivity index (χ0) is 17.0. The minimum Gasteiger partial charge on any atom is -1.00 e. The number of hydrogen-bond donors (Lipinski definition) is 0. The van der Waals surface area contributed by atoms with Gasteiger partial charge in [0, 0.05) is 6.42 Å². The highest BCUT2D eigenvalue weighted by molar-refractivity contribution is 14.1. The summed E-state index contributed by atoms with van der Waals surface area (Å²) < 4.78 is 1.64. The Balaban J connectivity index is 0.00000529. The highest BCUT2D eigenvalue weighted by Gasteiger charge is 2.33. The number of halogens is 2. The minimum absolute atomic E-state index is 0. The van der Waals surface area contributed by atoms with Crippen molar-refractivity contribution in [1.82, 2.24) is 0 Å². The van der Waals surface area contributed by atoms with E-state index in [9.17, 15) is 0 Å². The van der Waals surface area contributed by atoms with Gasteiger partial charge in [0.2, 0.25) is 0 Å². The van der Waals surface area contributed by atoms with E-state index < -0.39 is 0 Å². The summed E-state index contributed by atoms with van der Waals surface area (Å²) in [6.45, 7) is 7.87. The van der Waals surface area contributed by atoms with Gasteiger partial charge in [-0.3, -0.25) is 0 Å². The van der Waals surface area contributed by atoms with E-state index in [2.05, 4.69) is 72.7 Å². The molecule has 0 spiro atoms. The second-order valence-electron chi connectivity index (χ2n) is 6.57. The van der Waals surface area contributed by atoms with Crippen LogP contribution in [0.5, 0.6) is 0 Å². The molecule has 0 aliphatic carbocycles. The van der Waals surface area contributed by atoms with Crippen LogP contribution in [0.15, 0.2) is 30.3 Å². The Labute approximate surface area is 169 Å². The standard InChI is InChI=1S/C21H33IN.ClH/c1-4-7-12-17-23(16-6-3,18-13-8-5-2)21(22)19-20-14-10-9-11-15-20;/h3,9-11,14-15,21H,4-5,7-8,12-13,16-19H2,1-2H3;1H/q+1;/p-1. The predicted octanol–water partition coefficient (Wildman–Crippen LogP) is 2.82. The highest BCUT2D eigenvalue weighted by atomic mass is 127. The Hall–Kier alpha value is -0.240. The van der Waals surface area contributed by atoms with E-state index in [0.717, 1.165) is 17.4 Å². The normalized spacial score (nSPS) is 12.2. The van der Waals surface area contributed by atoms with Gasteiger partial charge in [-0.1, -0.05) is 57.0 Å². The summed E-state index contributed by atoms with van der Waals surface area (Å²) in [4.78, 5) is 0. The fourth-order valence-corrected chi connectivity index (χ4v) is 4.45. The molecule has 1 aromatic rings. The van der Waals surface area contributed by atoms with Crippen molar-refractivity contribution < 1.29 is 16.9 Å². The van der Waals surface area contributed by atoms with E-state index in [4.69, 9.17) is 6.42 Å². The molecule has 0 aliphatic heterocycles. The van der Waals surface area contributed by atoms with Gasteiger partial charge in [0.15, 0.2) is 0 Å². The second-order valence-corrected chi connectivity index (χ2v) is 8.00. The first-order valence-corrected chi connectivity index (χ1v) is 10.4. The van der Waals surface area contributed by atoms with E-state index >= 15 is 0 Å². The Morgan fingerprint density at radius 2 is 1.54 bits per heavy atom. The van der Waals surface area contributed by atoms with Crippen LogP contribution >= 0.6 is 22.6 Å². The van der Waals surface area contributed by atoms with E-state index in [-0.39, 0.29) is 12.4 Å². The third-order valence-corrected chi connectivity index (χ3v) is 6.28. The van der Waals surface area contributed by atoms with Gasteiger partial charge in [0.1, 0.15) is 10.6 Å². The summed E-state index contributed by atoms with van der Waals surface area (Å²) in [7, 11) is 0. The first-order chi connectivity index (χ1) is 11.2. The number of benzene rings is 1. The van der Waals surface area contributed by atoms with Gasteiger partial charge in [0.25, 0.3) is 0 Å². The molecule has 0 fully saturated rings. The number of quaternary nitrogens is 1. The zero-order valence-electron chi connectivity index (χ0n) is 15.3. The van der Waals surface area contributed by atoms with E-state index in [1.807, 2.05) is 0 Å². The lowest BCUT2D eigenvalue weighted by molar-refractivity contribution is -0.927. The summed E-state index contributed by atoms with van der Waals surface area (Å²) in [5.41, 5.74) is 1.43. The van der Waals surface area contributed by atoms with Crippen molar-refractivity contribution in [3.63, 3.8) is 0 Å². The number of unbranched alkanes of at least 4 members (excludes halogenated alkanes) is 4. The van der Waals surface area contributed by atoms with Gasteiger partial charge < -0.3 is 16.9 Å². The Bertz CT molecular complexity index is 445. The van der Waals surface area contributed by atoms with E-state index in [1.54, 1.807) is 0 Å². The van der Waals surface area contributed by atoms with Crippen molar-refractivity contribution in [3.8, 4) is 12.3 Å². The average Bonchev–Trinajstić information content (AvgIpc) is 2.56. The maximum Gasteiger partial charge on any atom is 0.144 e. The summed E-state index contributed by atoms with van der Waals surface area (Å²) in [6.07, 6.45) is 14.7. The van der Waals surface area contributed by atoms with Gasteiger partial charge in [-0.2, -0.15) is 0 Å². The quantitative estimate of drug-likeness (QED) is 0.112. The summed E-state index contributed by atoms with van der Waals surface area (Å²) in [5.74, 6) is 3.00. The number of hydrogen-bond acceptors (Lipinski definition) is 0. The third kappa shape index (κ3) is 8.23. The maximum absolute atomic E-state index is 5.79. The van der Waals surface area contributed by atoms with Crippen molar-refractivity contribution in [2.75, 3.05) is 19.6 Å². The van der Waals surface area contributed by atoms with Crippen LogP contribution in [0.4, 0.5) is 0 Å². The van der Waals surface area contributed by atoms with Gasteiger partial charge in [0.05, 0.1) is 13.1 Å². The lowest BCUT2D eigenvalue weighted by Gasteiger charge is -2.42. The van der Waals surface area contributed by atoms with Crippen molar-refractivity contribution in [1.29, 1.82) is 0 Å². The molecule has 1 rings (SSSR count). The molecule has 136 valence electrons. The third-order valence-electron chi connectivity index (χ3n) is 4.66. The molecule has 0 bridgehead atoms. The molecular formula is C21H33ClIN. The van der Waals surface area contributed by atoms with E-state index in [1.165, 1.54) is 57.2 Å². The Kier molecular flexibility index (Phi) is 13.8. The molecule has 0 heterocycles. The lowest BCUT2D eigenvalue weighted by Crippen LogP contribution is -3.00. The van der Waals surface area contributed by atoms with Crippen LogP contribution in [0.3, 0.4) is 0 Å². The van der Waals surface area contributed by atoms with Crippen molar-refractivity contribution in [2.45, 2.75) is 62.8 Å². The molecule has 24 heavy (non-hydrogen) atoms. The predicted molar refractivity (Wildman–Crippen MR) is 111 cm³/mol. The topological polar surface area (TPSA) is 0 Å². The molecule has 0 aliphatic rings. The average molecular weight is 462 g/mol. The van der Waals surface area contributed by atoms with Gasteiger partial charge >= 0.3 is 0 Å². The summed E-state index contributed by atoms with van der Waals surface area (Å²) >= 11 is 2.66. The monoisotopic (exact) mass is 461 g/mol. The van der Waals surface area contributed by atoms with Crippen molar-refractivity contribution >= 4 is 22.6 Å². The Morgan fingerprint density at radius 1 is 1.00 bits per heavy atom. The first-order valence-electron chi connectivity index (χ1n) is 9.15. The van der Waals surface area contributed by atoms with Crippen LogP contribution in [-0.2, 0) is 6.42 Å². The van der Waals surface area contributed by atoms with Crippen LogP contribution in [-0.4, -0.2) is 28.2 Å². The zero-order valence-corrected chi connectivity index (χ0v) is 18.2. The molecule has 0 N–H and O–H groups in total. The smallest absolute Gasteiger partial charge is 0.144 e. The van der Waals surface area contributed by atoms with Crippen LogP contribution in [0.1, 0.15) is 57.9 Å². The van der Waals surface area contributed by atoms with Crippen molar-refractivity contribution in [2.24, 2.45) is 0 Å². The van der Waals surface area contributed by atoms with Gasteiger partial charge in [-0.05, 0) is 59.8 Å². The molecule has 1 aromatic carbocycles. The van der Waals surface area contributed by atoms with Crippen molar-refractivity contribution in [3.05, 3.63) is 35.9 Å². The van der Waals surface area contributed by atoms with Gasteiger partial charge in [-0.15, -0.1) is 6.42 Å². The van der Waals surface area contributed by atoms with Gasteiger partial charge in [-0.25, -0.2) is 0 Å². The Morgan fingerprint density at radius 3 is 2.00 bits per heavy atom. The van der Waals surface area contributed by atoms with Crippen LogP contribution in [0.25, 0.3) is 0 Å². The minimum atomic E-state index is 0. The SMILES string of the molecule is C#CC[N+](CCCCC)(CCCCC)C(I)Cc1ccccc1.[Cl-]. The lowest BCUT2D eigenvalue weighted by atomic mass is 10.1. The van der Waals surface area contributed by atoms with Crippen LogP contribution in [0, 0.1) is 12.3 Å². The summed E-state index contributed by atoms with van der Waals surface area (Å²) in [6, 6.07) is 10.9. The molecule has 0 aromatic heterocycles. The van der Waals surface area contributed by atoms with Crippen LogP contribution < -0.4 is 12.4 Å². The largest absolute Gasteiger partial charge is 1.00 e. The molecule has 0 amide bonds. The molecule has 0 saturated heterocycles. The maximum atomic E-state index is 5.79.